The molecule has 0 aromatic carbocycles. The molecule has 2 rings (SSSR count). The van der Waals surface area contributed by atoms with Crippen LogP contribution in [-0.4, -0.2) is 53.4 Å². The highest BCUT2D eigenvalue weighted by molar-refractivity contribution is 4.90. The minimum Gasteiger partial charge on any atom is -0.316 e. The Morgan fingerprint density at radius 1 is 1.56 bits per heavy atom. The van der Waals surface area contributed by atoms with E-state index in [2.05, 4.69) is 39.1 Å². The molecule has 1 fully saturated rings. The van der Waals surface area contributed by atoms with Gasteiger partial charge < -0.3 is 14.8 Å². The Hall–Kier alpha value is -0.940. The Labute approximate surface area is 96.8 Å². The molecule has 5 nitrogen and oxygen atoms in total. The predicted octanol–water partition coefficient (Wildman–Crippen LogP) is -0.00830. The molecule has 0 spiro atoms. The maximum Gasteiger partial charge on any atom is 0.133 e. The molecule has 1 saturated heterocycles. The molecule has 1 aromatic heterocycles. The zero-order valence-electron chi connectivity index (χ0n) is 10.2. The zero-order chi connectivity index (χ0) is 11.4. The Kier molecular flexibility index (Phi) is 3.90. The first-order chi connectivity index (χ1) is 7.75. The zero-order valence-corrected chi connectivity index (χ0v) is 10.2. The summed E-state index contributed by atoms with van der Waals surface area (Å²) in [6.07, 6.45) is 4.17. The summed E-state index contributed by atoms with van der Waals surface area (Å²) >= 11 is 0. The standard InChI is InChI=1S/C11H21N5/c1-15(2)5-6-16-9-13-14-11(16)7-10-3-4-12-8-10/h9-10,12H,3-8H2,1-2H3. The quantitative estimate of drug-likeness (QED) is 0.763. The van der Waals surface area contributed by atoms with Crippen LogP contribution in [0.25, 0.3) is 0 Å². The molecule has 1 atom stereocenters. The number of likely N-dealkylation sites (N-methyl/N-ethyl adjacent to an activating group) is 1. The second-order valence-corrected chi connectivity index (χ2v) is 4.81. The van der Waals surface area contributed by atoms with E-state index in [1.54, 1.807) is 0 Å². The second kappa shape index (κ2) is 5.41. The third kappa shape index (κ3) is 3.02. The minimum atomic E-state index is 0.738. The summed E-state index contributed by atoms with van der Waals surface area (Å²) in [7, 11) is 4.18. The van der Waals surface area contributed by atoms with E-state index in [0.29, 0.717) is 0 Å². The maximum absolute atomic E-state index is 4.22. The average molecular weight is 223 g/mol. The summed E-state index contributed by atoms with van der Waals surface area (Å²) in [6, 6.07) is 0. The van der Waals surface area contributed by atoms with Gasteiger partial charge in [0.1, 0.15) is 12.2 Å². The van der Waals surface area contributed by atoms with Crippen LogP contribution in [-0.2, 0) is 13.0 Å². The van der Waals surface area contributed by atoms with Crippen molar-refractivity contribution in [1.29, 1.82) is 0 Å². The van der Waals surface area contributed by atoms with Crippen molar-refractivity contribution < 1.29 is 0 Å². The first-order valence-corrected chi connectivity index (χ1v) is 5.98. The lowest BCUT2D eigenvalue weighted by atomic mass is 10.0. The van der Waals surface area contributed by atoms with Gasteiger partial charge in [-0.05, 0) is 39.5 Å². The van der Waals surface area contributed by atoms with Crippen LogP contribution in [0.4, 0.5) is 0 Å². The molecule has 1 unspecified atom stereocenters. The van der Waals surface area contributed by atoms with E-state index in [1.807, 2.05) is 6.33 Å². The third-order valence-corrected chi connectivity index (χ3v) is 3.12. The fraction of sp³-hybridized carbons (Fsp3) is 0.818. The summed E-state index contributed by atoms with van der Waals surface area (Å²) in [5.41, 5.74) is 0. The predicted molar refractivity (Wildman–Crippen MR) is 63.3 cm³/mol. The van der Waals surface area contributed by atoms with Crippen molar-refractivity contribution in [3.05, 3.63) is 12.2 Å². The smallest absolute Gasteiger partial charge is 0.133 e. The number of nitrogens with zero attached hydrogens (tertiary/aromatic N) is 4. The molecule has 0 aliphatic carbocycles. The van der Waals surface area contributed by atoms with Gasteiger partial charge in [-0.15, -0.1) is 10.2 Å². The van der Waals surface area contributed by atoms with Gasteiger partial charge in [-0.2, -0.15) is 0 Å². The lowest BCUT2D eigenvalue weighted by Crippen LogP contribution is -2.20. The monoisotopic (exact) mass is 223 g/mol. The van der Waals surface area contributed by atoms with Gasteiger partial charge in [0.2, 0.25) is 0 Å². The number of hydrogen-bond donors (Lipinski definition) is 1. The van der Waals surface area contributed by atoms with Crippen molar-refractivity contribution in [2.45, 2.75) is 19.4 Å². The van der Waals surface area contributed by atoms with Crippen molar-refractivity contribution >= 4 is 0 Å². The van der Waals surface area contributed by atoms with Crippen molar-refractivity contribution in [3.63, 3.8) is 0 Å². The van der Waals surface area contributed by atoms with Crippen molar-refractivity contribution in [3.8, 4) is 0 Å². The molecule has 1 aromatic rings. The molecule has 90 valence electrons. The molecule has 0 amide bonds. The summed E-state index contributed by atoms with van der Waals surface area (Å²) in [5, 5.41) is 11.6. The fourth-order valence-corrected chi connectivity index (χ4v) is 2.08. The molecule has 1 aliphatic rings. The summed E-state index contributed by atoms with van der Waals surface area (Å²) in [5.74, 6) is 1.87. The maximum atomic E-state index is 4.22. The highest BCUT2D eigenvalue weighted by atomic mass is 15.3. The molecule has 2 heterocycles. The van der Waals surface area contributed by atoms with Crippen molar-refractivity contribution in [1.82, 2.24) is 25.0 Å². The molecule has 1 N–H and O–H groups in total. The van der Waals surface area contributed by atoms with E-state index in [4.69, 9.17) is 0 Å². The van der Waals surface area contributed by atoms with Gasteiger partial charge in [0.05, 0.1) is 0 Å². The van der Waals surface area contributed by atoms with E-state index in [1.165, 1.54) is 6.42 Å². The molecular formula is C11H21N5. The van der Waals surface area contributed by atoms with Crippen LogP contribution in [0, 0.1) is 5.92 Å². The Morgan fingerprint density at radius 3 is 3.12 bits per heavy atom. The van der Waals surface area contributed by atoms with Crippen LogP contribution in [0.5, 0.6) is 0 Å². The van der Waals surface area contributed by atoms with Gasteiger partial charge in [0, 0.05) is 19.5 Å². The number of aromatic nitrogens is 3. The minimum absolute atomic E-state index is 0.738. The van der Waals surface area contributed by atoms with Crippen molar-refractivity contribution in [2.24, 2.45) is 5.92 Å². The summed E-state index contributed by atoms with van der Waals surface area (Å²) < 4.78 is 2.18. The van der Waals surface area contributed by atoms with Crippen LogP contribution in [0.3, 0.4) is 0 Å². The fourth-order valence-electron chi connectivity index (χ4n) is 2.08. The molecule has 0 radical (unpaired) electrons. The largest absolute Gasteiger partial charge is 0.316 e. The molecule has 0 bridgehead atoms. The first kappa shape index (κ1) is 11.5. The van der Waals surface area contributed by atoms with Crippen LogP contribution in [0.1, 0.15) is 12.2 Å². The van der Waals surface area contributed by atoms with Gasteiger partial charge >= 0.3 is 0 Å². The van der Waals surface area contributed by atoms with E-state index >= 15 is 0 Å². The van der Waals surface area contributed by atoms with Crippen LogP contribution in [0.2, 0.25) is 0 Å². The van der Waals surface area contributed by atoms with E-state index in [9.17, 15) is 0 Å². The highest BCUT2D eigenvalue weighted by Gasteiger charge is 2.17. The Bertz CT molecular complexity index is 314. The number of nitrogens with one attached hydrogen (secondary N) is 1. The lowest BCUT2D eigenvalue weighted by Gasteiger charge is -2.13. The summed E-state index contributed by atoms with van der Waals surface area (Å²) in [6.45, 7) is 4.29. The molecule has 5 heteroatoms. The van der Waals surface area contributed by atoms with E-state index in [0.717, 1.165) is 44.3 Å². The topological polar surface area (TPSA) is 46.0 Å². The molecule has 1 aliphatic heterocycles. The van der Waals surface area contributed by atoms with Crippen LogP contribution < -0.4 is 5.32 Å². The SMILES string of the molecule is CN(C)CCn1cnnc1CC1CCNC1. The van der Waals surface area contributed by atoms with Gasteiger partial charge in [0.25, 0.3) is 0 Å². The van der Waals surface area contributed by atoms with Gasteiger partial charge in [0.15, 0.2) is 0 Å². The average Bonchev–Trinajstić information content (AvgIpc) is 2.87. The Morgan fingerprint density at radius 2 is 2.44 bits per heavy atom. The van der Waals surface area contributed by atoms with Crippen LogP contribution >= 0.6 is 0 Å². The second-order valence-electron chi connectivity index (χ2n) is 4.81. The third-order valence-electron chi connectivity index (χ3n) is 3.12. The number of hydrogen-bond acceptors (Lipinski definition) is 4. The van der Waals surface area contributed by atoms with Gasteiger partial charge in [-0.1, -0.05) is 0 Å². The Balaban J connectivity index is 1.90. The highest BCUT2D eigenvalue weighted by Crippen LogP contribution is 2.13. The first-order valence-electron chi connectivity index (χ1n) is 5.98. The van der Waals surface area contributed by atoms with Gasteiger partial charge in [-0.25, -0.2) is 0 Å². The normalized spacial score (nSPS) is 20.8. The lowest BCUT2D eigenvalue weighted by molar-refractivity contribution is 0.378. The van der Waals surface area contributed by atoms with Crippen LogP contribution in [0.15, 0.2) is 6.33 Å². The van der Waals surface area contributed by atoms with E-state index in [-0.39, 0.29) is 0 Å². The summed E-state index contributed by atoms with van der Waals surface area (Å²) in [4.78, 5) is 2.18. The van der Waals surface area contributed by atoms with Gasteiger partial charge in [-0.3, -0.25) is 0 Å². The molecule has 0 saturated carbocycles. The molecule has 16 heavy (non-hydrogen) atoms. The van der Waals surface area contributed by atoms with Crippen molar-refractivity contribution in [2.75, 3.05) is 33.7 Å². The van der Waals surface area contributed by atoms with E-state index < -0.39 is 0 Å². The number of rotatable bonds is 5. The molecular weight excluding hydrogens is 202 g/mol.